The summed E-state index contributed by atoms with van der Waals surface area (Å²) in [6.45, 7) is 5.17. The lowest BCUT2D eigenvalue weighted by molar-refractivity contribution is -0.121. The normalized spacial score (nSPS) is 12.7. The van der Waals surface area contributed by atoms with Crippen LogP contribution in [0, 0.1) is 3.57 Å². The minimum atomic E-state index is -0.789. The first-order valence-corrected chi connectivity index (χ1v) is 7.29. The summed E-state index contributed by atoms with van der Waals surface area (Å²) in [6, 6.07) is 6.90. The van der Waals surface area contributed by atoms with E-state index in [2.05, 4.69) is 27.9 Å². The number of halogens is 1. The number of rotatable bonds is 3. The van der Waals surface area contributed by atoms with Gasteiger partial charge in [0.25, 0.3) is 0 Å². The van der Waals surface area contributed by atoms with Crippen molar-refractivity contribution in [3.63, 3.8) is 0 Å². The molecule has 0 spiro atoms. The Balaban J connectivity index is 2.51. The van der Waals surface area contributed by atoms with Gasteiger partial charge in [0, 0.05) is 3.57 Å². The molecule has 0 aliphatic heterocycles. The molecule has 0 heterocycles. The van der Waals surface area contributed by atoms with Gasteiger partial charge in [0.15, 0.2) is 0 Å². The lowest BCUT2D eigenvalue weighted by Gasteiger charge is -2.20. The van der Waals surface area contributed by atoms with Crippen LogP contribution in [0.4, 0.5) is 4.79 Å². The molecule has 5 nitrogen and oxygen atoms in total. The van der Waals surface area contributed by atoms with Gasteiger partial charge in [-0.15, -0.1) is 0 Å². The molecule has 1 rings (SSSR count). The predicted octanol–water partition coefficient (Wildman–Crippen LogP) is 2.21. The van der Waals surface area contributed by atoms with E-state index < -0.39 is 23.6 Å². The van der Waals surface area contributed by atoms with E-state index in [1.54, 1.807) is 20.8 Å². The molecule has 0 saturated heterocycles. The number of carbonyl (C=O) groups excluding carboxylic acids is 2. The molecule has 1 aromatic carbocycles. The standard InChI is InChI=1S/C14H19IN2O3/c1-14(2,3)20-13(19)17-12(18)11(16)8-9-4-6-10(15)7-5-9/h4-7,11H,8,16H2,1-3H3,(H,17,18,19). The Morgan fingerprint density at radius 2 is 1.85 bits per heavy atom. The maximum atomic E-state index is 11.8. The van der Waals surface area contributed by atoms with Crippen LogP contribution in [0.2, 0.25) is 0 Å². The summed E-state index contributed by atoms with van der Waals surface area (Å²) in [5.74, 6) is -0.544. The minimum Gasteiger partial charge on any atom is -0.444 e. The monoisotopic (exact) mass is 390 g/mol. The lowest BCUT2D eigenvalue weighted by atomic mass is 10.1. The minimum absolute atomic E-state index is 0.367. The molecule has 2 amide bonds. The molecule has 3 N–H and O–H groups in total. The number of alkyl carbamates (subject to hydrolysis) is 1. The third kappa shape index (κ3) is 6.33. The molecular weight excluding hydrogens is 371 g/mol. The van der Waals surface area contributed by atoms with Gasteiger partial charge in [0.05, 0.1) is 6.04 Å². The Morgan fingerprint density at radius 1 is 1.30 bits per heavy atom. The van der Waals surface area contributed by atoms with E-state index in [-0.39, 0.29) is 0 Å². The van der Waals surface area contributed by atoms with Crippen molar-refractivity contribution >= 4 is 34.6 Å². The average Bonchev–Trinajstić information content (AvgIpc) is 2.29. The molecule has 0 aliphatic rings. The van der Waals surface area contributed by atoms with Gasteiger partial charge in [0.1, 0.15) is 5.60 Å². The molecule has 1 atom stereocenters. The molecular formula is C14H19IN2O3. The summed E-state index contributed by atoms with van der Waals surface area (Å²) in [6.07, 6.45) is -0.411. The largest absolute Gasteiger partial charge is 0.444 e. The van der Waals surface area contributed by atoms with E-state index in [9.17, 15) is 9.59 Å². The van der Waals surface area contributed by atoms with Crippen molar-refractivity contribution in [1.82, 2.24) is 5.32 Å². The van der Waals surface area contributed by atoms with Gasteiger partial charge in [-0.05, 0) is 67.5 Å². The number of ether oxygens (including phenoxy) is 1. The molecule has 0 aliphatic carbocycles. The van der Waals surface area contributed by atoms with E-state index >= 15 is 0 Å². The van der Waals surface area contributed by atoms with Gasteiger partial charge in [-0.3, -0.25) is 10.1 Å². The summed E-state index contributed by atoms with van der Waals surface area (Å²) in [4.78, 5) is 23.2. The van der Waals surface area contributed by atoms with E-state index in [0.717, 1.165) is 9.13 Å². The fourth-order valence-corrected chi connectivity index (χ4v) is 1.82. The third-order valence-corrected chi connectivity index (χ3v) is 3.05. The van der Waals surface area contributed by atoms with Crippen LogP contribution < -0.4 is 11.1 Å². The summed E-state index contributed by atoms with van der Waals surface area (Å²) >= 11 is 2.20. The maximum absolute atomic E-state index is 11.8. The van der Waals surface area contributed by atoms with E-state index in [1.807, 2.05) is 24.3 Å². The molecule has 6 heteroatoms. The smallest absolute Gasteiger partial charge is 0.414 e. The van der Waals surface area contributed by atoms with Gasteiger partial charge in [-0.2, -0.15) is 0 Å². The van der Waals surface area contributed by atoms with Crippen LogP contribution >= 0.6 is 22.6 Å². The first kappa shape index (κ1) is 16.9. The topological polar surface area (TPSA) is 81.4 Å². The lowest BCUT2D eigenvalue weighted by Crippen LogP contribution is -2.46. The zero-order valence-electron chi connectivity index (χ0n) is 11.8. The first-order valence-electron chi connectivity index (χ1n) is 6.21. The zero-order chi connectivity index (χ0) is 15.3. The van der Waals surface area contributed by atoms with Crippen LogP contribution in [0.1, 0.15) is 26.3 Å². The highest BCUT2D eigenvalue weighted by Gasteiger charge is 2.21. The van der Waals surface area contributed by atoms with Gasteiger partial charge in [-0.1, -0.05) is 12.1 Å². The van der Waals surface area contributed by atoms with Crippen LogP contribution in [-0.2, 0) is 16.0 Å². The number of carbonyl (C=O) groups is 2. The maximum Gasteiger partial charge on any atom is 0.414 e. The number of benzene rings is 1. The summed E-state index contributed by atoms with van der Waals surface area (Å²) < 4.78 is 6.11. The molecule has 0 saturated carbocycles. The van der Waals surface area contributed by atoms with Crippen molar-refractivity contribution in [3.8, 4) is 0 Å². The van der Waals surface area contributed by atoms with E-state index in [0.29, 0.717) is 6.42 Å². The summed E-state index contributed by atoms with van der Waals surface area (Å²) in [5.41, 5.74) is 6.07. The molecule has 1 unspecified atom stereocenters. The third-order valence-electron chi connectivity index (χ3n) is 2.33. The van der Waals surface area contributed by atoms with Crippen LogP contribution in [0.15, 0.2) is 24.3 Å². The fourth-order valence-electron chi connectivity index (χ4n) is 1.46. The predicted molar refractivity (Wildman–Crippen MR) is 85.2 cm³/mol. The van der Waals surface area contributed by atoms with Crippen LogP contribution in [0.25, 0.3) is 0 Å². The highest BCUT2D eigenvalue weighted by atomic mass is 127. The van der Waals surface area contributed by atoms with Crippen molar-refractivity contribution in [2.75, 3.05) is 0 Å². The zero-order valence-corrected chi connectivity index (χ0v) is 13.9. The van der Waals surface area contributed by atoms with Crippen molar-refractivity contribution in [2.45, 2.75) is 38.8 Å². The van der Waals surface area contributed by atoms with E-state index in [1.165, 1.54) is 0 Å². The number of nitrogens with two attached hydrogens (primary N) is 1. The number of nitrogens with one attached hydrogen (secondary N) is 1. The Bertz CT molecular complexity index is 480. The Morgan fingerprint density at radius 3 is 2.35 bits per heavy atom. The van der Waals surface area contributed by atoms with Crippen molar-refractivity contribution in [3.05, 3.63) is 33.4 Å². The van der Waals surface area contributed by atoms with Gasteiger partial charge < -0.3 is 10.5 Å². The van der Waals surface area contributed by atoms with Crippen molar-refractivity contribution in [1.29, 1.82) is 0 Å². The fraction of sp³-hybridized carbons (Fsp3) is 0.429. The number of hydrogen-bond donors (Lipinski definition) is 2. The Hall–Kier alpha value is -1.15. The van der Waals surface area contributed by atoms with Gasteiger partial charge in [-0.25, -0.2) is 4.79 Å². The molecule has 0 fully saturated rings. The van der Waals surface area contributed by atoms with Crippen LogP contribution in [-0.4, -0.2) is 23.6 Å². The molecule has 20 heavy (non-hydrogen) atoms. The van der Waals surface area contributed by atoms with Gasteiger partial charge in [0.2, 0.25) is 5.91 Å². The molecule has 1 aromatic rings. The number of imide groups is 1. The Kier molecular flexibility index (Phi) is 5.94. The van der Waals surface area contributed by atoms with Crippen molar-refractivity contribution in [2.24, 2.45) is 5.73 Å². The highest BCUT2D eigenvalue weighted by Crippen LogP contribution is 2.09. The Labute approximate surface area is 132 Å². The SMILES string of the molecule is CC(C)(C)OC(=O)NC(=O)C(N)Cc1ccc(I)cc1. The molecule has 0 aromatic heterocycles. The summed E-state index contributed by atoms with van der Waals surface area (Å²) in [5, 5.41) is 2.14. The second-order valence-corrected chi connectivity index (χ2v) is 6.67. The second kappa shape index (κ2) is 7.03. The van der Waals surface area contributed by atoms with Gasteiger partial charge >= 0.3 is 6.09 Å². The average molecular weight is 390 g/mol. The first-order chi connectivity index (χ1) is 9.17. The van der Waals surface area contributed by atoms with Crippen LogP contribution in [0.5, 0.6) is 0 Å². The molecule has 0 radical (unpaired) electrons. The number of hydrogen-bond acceptors (Lipinski definition) is 4. The summed E-state index contributed by atoms with van der Waals surface area (Å²) in [7, 11) is 0. The number of amides is 2. The second-order valence-electron chi connectivity index (χ2n) is 5.43. The highest BCUT2D eigenvalue weighted by molar-refractivity contribution is 14.1. The van der Waals surface area contributed by atoms with E-state index in [4.69, 9.17) is 10.5 Å². The van der Waals surface area contributed by atoms with Crippen molar-refractivity contribution < 1.29 is 14.3 Å². The van der Waals surface area contributed by atoms with Crippen LogP contribution in [0.3, 0.4) is 0 Å². The molecule has 110 valence electrons. The molecule has 0 bridgehead atoms. The quantitative estimate of drug-likeness (QED) is 0.776.